The lowest BCUT2D eigenvalue weighted by Crippen LogP contribution is -2.46. The maximum atomic E-state index is 9.07. The highest BCUT2D eigenvalue weighted by atomic mass is 16.5. The predicted molar refractivity (Wildman–Crippen MR) is 67.0 cm³/mol. The molecule has 1 aromatic rings. The normalized spacial score (nSPS) is 14.9. The zero-order valence-electron chi connectivity index (χ0n) is 11.2. The molecule has 0 fully saturated rings. The second-order valence-electron chi connectivity index (χ2n) is 4.76. The van der Waals surface area contributed by atoms with E-state index in [4.69, 9.17) is 14.3 Å². The number of aliphatic hydroxyl groups is 1. The summed E-state index contributed by atoms with van der Waals surface area (Å²) >= 11 is 0. The highest BCUT2D eigenvalue weighted by Gasteiger charge is 2.23. The van der Waals surface area contributed by atoms with Gasteiger partial charge in [0.2, 0.25) is 0 Å². The molecule has 0 amide bonds. The molecule has 0 saturated carbocycles. The lowest BCUT2D eigenvalue weighted by Gasteiger charge is -2.29. The summed E-state index contributed by atoms with van der Waals surface area (Å²) in [6.45, 7) is 7.40. The first kappa shape index (κ1) is 14.2. The van der Waals surface area contributed by atoms with Crippen LogP contribution >= 0.6 is 0 Å². The van der Waals surface area contributed by atoms with Crippen molar-refractivity contribution in [2.75, 3.05) is 20.3 Å². The van der Waals surface area contributed by atoms with Gasteiger partial charge in [0.15, 0.2) is 0 Å². The molecule has 2 N–H and O–H groups in total. The number of methoxy groups -OCH3 is 1. The predicted octanol–water partition coefficient (Wildman–Crippen LogP) is 1.77. The number of hydrogen-bond acceptors (Lipinski definition) is 4. The van der Waals surface area contributed by atoms with Crippen LogP contribution in [0.15, 0.2) is 10.5 Å². The molecule has 0 aliphatic rings. The van der Waals surface area contributed by atoms with Crippen molar-refractivity contribution >= 4 is 0 Å². The molecule has 1 unspecified atom stereocenters. The minimum absolute atomic E-state index is 0.149. The van der Waals surface area contributed by atoms with E-state index in [0.717, 1.165) is 23.6 Å². The summed E-state index contributed by atoms with van der Waals surface area (Å²) in [5.74, 6) is 1.87. The quantitative estimate of drug-likeness (QED) is 0.764. The average molecular weight is 241 g/mol. The maximum Gasteiger partial charge on any atom is 0.105 e. The van der Waals surface area contributed by atoms with Gasteiger partial charge in [-0.1, -0.05) is 0 Å². The van der Waals surface area contributed by atoms with E-state index in [2.05, 4.69) is 12.2 Å². The Morgan fingerprint density at radius 1 is 1.47 bits per heavy atom. The SMILES string of the molecule is COCC(C)(CCO)NCc1cc(C)oc1C. The molecule has 0 aromatic carbocycles. The highest BCUT2D eigenvalue weighted by Crippen LogP contribution is 2.16. The topological polar surface area (TPSA) is 54.6 Å². The van der Waals surface area contributed by atoms with Crippen molar-refractivity contribution in [2.45, 2.75) is 39.3 Å². The Bertz CT molecular complexity index is 340. The summed E-state index contributed by atoms with van der Waals surface area (Å²) in [6.07, 6.45) is 0.663. The Balaban J connectivity index is 2.60. The fourth-order valence-electron chi connectivity index (χ4n) is 1.94. The van der Waals surface area contributed by atoms with E-state index in [0.29, 0.717) is 13.0 Å². The van der Waals surface area contributed by atoms with Crippen LogP contribution in [-0.4, -0.2) is 31.0 Å². The van der Waals surface area contributed by atoms with Crippen LogP contribution in [0, 0.1) is 13.8 Å². The van der Waals surface area contributed by atoms with Gasteiger partial charge in [-0.3, -0.25) is 0 Å². The van der Waals surface area contributed by atoms with E-state index in [1.807, 2.05) is 19.9 Å². The van der Waals surface area contributed by atoms with E-state index in [9.17, 15) is 0 Å². The first-order valence-electron chi connectivity index (χ1n) is 5.91. The zero-order chi connectivity index (χ0) is 12.9. The number of aliphatic hydroxyl groups excluding tert-OH is 1. The van der Waals surface area contributed by atoms with E-state index in [-0.39, 0.29) is 12.1 Å². The largest absolute Gasteiger partial charge is 0.466 e. The molecule has 1 rings (SSSR count). The van der Waals surface area contributed by atoms with Gasteiger partial charge in [-0.05, 0) is 33.3 Å². The second-order valence-corrected chi connectivity index (χ2v) is 4.76. The Kier molecular flexibility index (Phi) is 5.18. The van der Waals surface area contributed by atoms with E-state index < -0.39 is 0 Å². The summed E-state index contributed by atoms with van der Waals surface area (Å²) in [7, 11) is 1.67. The third-order valence-electron chi connectivity index (χ3n) is 2.98. The van der Waals surface area contributed by atoms with Crippen LogP contribution in [0.25, 0.3) is 0 Å². The summed E-state index contributed by atoms with van der Waals surface area (Å²) < 4.78 is 10.7. The molecule has 1 heterocycles. The van der Waals surface area contributed by atoms with Gasteiger partial charge in [-0.2, -0.15) is 0 Å². The summed E-state index contributed by atoms with van der Waals surface area (Å²) in [4.78, 5) is 0. The molecule has 0 aliphatic heterocycles. The van der Waals surface area contributed by atoms with E-state index in [1.165, 1.54) is 0 Å². The van der Waals surface area contributed by atoms with Crippen molar-refractivity contribution in [3.05, 3.63) is 23.2 Å². The molecule has 98 valence electrons. The molecule has 0 spiro atoms. The first-order valence-corrected chi connectivity index (χ1v) is 5.91. The Morgan fingerprint density at radius 3 is 2.65 bits per heavy atom. The number of aryl methyl sites for hydroxylation is 2. The molecule has 0 aliphatic carbocycles. The van der Waals surface area contributed by atoms with E-state index in [1.54, 1.807) is 7.11 Å². The van der Waals surface area contributed by atoms with Gasteiger partial charge in [0.1, 0.15) is 11.5 Å². The fourth-order valence-corrected chi connectivity index (χ4v) is 1.94. The van der Waals surface area contributed by atoms with E-state index >= 15 is 0 Å². The number of nitrogens with one attached hydrogen (secondary N) is 1. The molecule has 4 nitrogen and oxygen atoms in total. The highest BCUT2D eigenvalue weighted by molar-refractivity contribution is 5.20. The Labute approximate surface area is 103 Å². The molecule has 17 heavy (non-hydrogen) atoms. The monoisotopic (exact) mass is 241 g/mol. The van der Waals surface area contributed by atoms with Crippen molar-refractivity contribution in [3.8, 4) is 0 Å². The summed E-state index contributed by atoms with van der Waals surface area (Å²) in [5.41, 5.74) is 0.948. The molecule has 0 saturated heterocycles. The average Bonchev–Trinajstić information content (AvgIpc) is 2.55. The van der Waals surface area contributed by atoms with Crippen LogP contribution in [0.1, 0.15) is 30.4 Å². The maximum absolute atomic E-state index is 9.07. The lowest BCUT2D eigenvalue weighted by atomic mass is 9.99. The summed E-state index contributed by atoms with van der Waals surface area (Å²) in [6, 6.07) is 2.04. The van der Waals surface area contributed by atoms with Gasteiger partial charge in [0.05, 0.1) is 6.61 Å². The fraction of sp³-hybridized carbons (Fsp3) is 0.692. The van der Waals surface area contributed by atoms with Crippen LogP contribution in [0.2, 0.25) is 0 Å². The van der Waals surface area contributed by atoms with Crippen LogP contribution < -0.4 is 5.32 Å². The smallest absolute Gasteiger partial charge is 0.105 e. The first-order chi connectivity index (χ1) is 8.00. The zero-order valence-corrected chi connectivity index (χ0v) is 11.2. The van der Waals surface area contributed by atoms with Gasteiger partial charge in [0, 0.05) is 31.4 Å². The molecule has 4 heteroatoms. The minimum atomic E-state index is -0.207. The van der Waals surface area contributed by atoms with Gasteiger partial charge in [-0.15, -0.1) is 0 Å². The lowest BCUT2D eigenvalue weighted by molar-refractivity contribution is 0.0969. The van der Waals surface area contributed by atoms with Crippen LogP contribution in [0.5, 0.6) is 0 Å². The number of ether oxygens (including phenoxy) is 1. The van der Waals surface area contributed by atoms with Crippen molar-refractivity contribution < 1.29 is 14.3 Å². The van der Waals surface area contributed by atoms with Gasteiger partial charge >= 0.3 is 0 Å². The number of rotatable bonds is 7. The molecule has 1 atom stereocenters. The third kappa shape index (κ3) is 4.15. The molecular formula is C13H23NO3. The number of furan rings is 1. The molecule has 0 radical (unpaired) electrons. The minimum Gasteiger partial charge on any atom is -0.466 e. The van der Waals surface area contributed by atoms with Crippen LogP contribution in [0.3, 0.4) is 0 Å². The molecule has 0 bridgehead atoms. The number of hydrogen-bond donors (Lipinski definition) is 2. The van der Waals surface area contributed by atoms with Gasteiger partial charge in [0.25, 0.3) is 0 Å². The van der Waals surface area contributed by atoms with Crippen molar-refractivity contribution in [1.82, 2.24) is 5.32 Å². The Morgan fingerprint density at radius 2 is 2.18 bits per heavy atom. The van der Waals surface area contributed by atoms with Crippen molar-refractivity contribution in [2.24, 2.45) is 0 Å². The van der Waals surface area contributed by atoms with Crippen molar-refractivity contribution in [1.29, 1.82) is 0 Å². The Hall–Kier alpha value is -0.840. The van der Waals surface area contributed by atoms with Gasteiger partial charge in [-0.25, -0.2) is 0 Å². The third-order valence-corrected chi connectivity index (χ3v) is 2.98. The molecular weight excluding hydrogens is 218 g/mol. The van der Waals surface area contributed by atoms with Crippen LogP contribution in [0.4, 0.5) is 0 Å². The van der Waals surface area contributed by atoms with Gasteiger partial charge < -0.3 is 19.6 Å². The standard InChI is InChI=1S/C13H23NO3/c1-10-7-12(11(2)17-10)8-14-13(3,5-6-15)9-16-4/h7,14-15H,5-6,8-9H2,1-4H3. The van der Waals surface area contributed by atoms with Crippen molar-refractivity contribution in [3.63, 3.8) is 0 Å². The molecule has 1 aromatic heterocycles. The second kappa shape index (κ2) is 6.19. The summed E-state index contributed by atoms with van der Waals surface area (Å²) in [5, 5.41) is 12.5. The van der Waals surface area contributed by atoms with Crippen LogP contribution in [-0.2, 0) is 11.3 Å².